The van der Waals surface area contributed by atoms with E-state index in [0.717, 1.165) is 5.04 Å². The Morgan fingerprint density at radius 1 is 1.29 bits per heavy atom. The highest BCUT2D eigenvalue weighted by Crippen LogP contribution is 2.52. The van der Waals surface area contributed by atoms with Crippen molar-refractivity contribution >= 4 is 16.8 Å². The lowest BCUT2D eigenvalue weighted by Crippen LogP contribution is -2.40. The molecule has 1 unspecified atom stereocenters. The van der Waals surface area contributed by atoms with Gasteiger partial charge >= 0.3 is 0 Å². The summed E-state index contributed by atoms with van der Waals surface area (Å²) >= 11 is 1.69. The van der Waals surface area contributed by atoms with E-state index in [0.29, 0.717) is 0 Å². The van der Waals surface area contributed by atoms with E-state index < -0.39 is 0 Å². The molecule has 0 N–H and O–H groups in total. The summed E-state index contributed by atoms with van der Waals surface area (Å²) in [5, 5.41) is 1.16. The predicted octanol–water partition coefficient (Wildman–Crippen LogP) is 3.23. The van der Waals surface area contributed by atoms with E-state index in [4.69, 9.17) is 0 Å². The number of hydrogen-bond acceptors (Lipinski definition) is 2. The highest BCUT2D eigenvalue weighted by molar-refractivity contribution is 8.20. The van der Waals surface area contributed by atoms with E-state index in [1.165, 1.54) is 10.5 Å². The quantitative estimate of drug-likeness (QED) is 0.682. The molecular weight excluding hydrogens is 190 g/mol. The number of allylic oxidation sites excluding steroid dienone is 1. The molecule has 0 amide bonds. The van der Waals surface area contributed by atoms with Gasteiger partial charge in [0.1, 0.15) is 0 Å². The van der Waals surface area contributed by atoms with E-state index in [1.807, 2.05) is 13.1 Å². The maximum absolute atomic E-state index is 4.29. The van der Waals surface area contributed by atoms with Crippen LogP contribution in [0.4, 0.5) is 0 Å². The summed E-state index contributed by atoms with van der Waals surface area (Å²) in [4.78, 5) is 5.48. The molecule has 0 aliphatic carbocycles. The van der Waals surface area contributed by atoms with Gasteiger partial charge in [0.05, 0.1) is 10.5 Å². The van der Waals surface area contributed by atoms with Crippen LogP contribution < -0.4 is 0 Å². The number of nitrogens with zero attached hydrogens (tertiary/aromatic N) is 1. The van der Waals surface area contributed by atoms with Gasteiger partial charge in [-0.1, -0.05) is 48.7 Å². The van der Waals surface area contributed by atoms with Crippen molar-refractivity contribution < 1.29 is 0 Å². The third-order valence-corrected chi connectivity index (χ3v) is 4.20. The van der Waals surface area contributed by atoms with Gasteiger partial charge < -0.3 is 0 Å². The van der Waals surface area contributed by atoms with Crippen LogP contribution in [0.5, 0.6) is 0 Å². The number of hydrogen-bond donors (Lipinski definition) is 0. The zero-order valence-electron chi connectivity index (χ0n) is 8.45. The largest absolute Gasteiger partial charge is 0.285 e. The Hall–Kier alpha value is -1.02. The van der Waals surface area contributed by atoms with Gasteiger partial charge in [0.2, 0.25) is 0 Å². The Labute approximate surface area is 88.9 Å². The SMILES string of the molecule is C=C1SC(=NC)C1(C)c1ccccc1. The molecule has 1 nitrogen and oxygen atoms in total. The number of aliphatic imine (C=N–C) groups is 1. The lowest BCUT2D eigenvalue weighted by molar-refractivity contribution is 0.792. The van der Waals surface area contributed by atoms with Crippen molar-refractivity contribution in [3.8, 4) is 0 Å². The van der Waals surface area contributed by atoms with Crippen LogP contribution in [0.3, 0.4) is 0 Å². The minimum Gasteiger partial charge on any atom is -0.285 e. The first-order chi connectivity index (χ1) is 6.69. The van der Waals surface area contributed by atoms with Crippen molar-refractivity contribution in [3.05, 3.63) is 47.4 Å². The highest BCUT2D eigenvalue weighted by Gasteiger charge is 2.45. The zero-order chi connectivity index (χ0) is 10.2. The van der Waals surface area contributed by atoms with Crippen LogP contribution in [0.15, 0.2) is 46.8 Å². The molecule has 1 atom stereocenters. The van der Waals surface area contributed by atoms with E-state index in [-0.39, 0.29) is 5.41 Å². The number of rotatable bonds is 1. The van der Waals surface area contributed by atoms with Gasteiger partial charge in [0.15, 0.2) is 0 Å². The molecule has 1 saturated heterocycles. The van der Waals surface area contributed by atoms with E-state index in [2.05, 4.69) is 42.8 Å². The fourth-order valence-electron chi connectivity index (χ4n) is 1.72. The minimum atomic E-state index is -0.0410. The Balaban J connectivity index is 2.47. The van der Waals surface area contributed by atoms with Crippen LogP contribution in [0, 0.1) is 0 Å². The average Bonchev–Trinajstić information content (AvgIpc) is 2.25. The summed E-state index contributed by atoms with van der Waals surface area (Å²) < 4.78 is 0. The molecule has 1 aromatic carbocycles. The zero-order valence-corrected chi connectivity index (χ0v) is 9.27. The molecular formula is C12H13NS. The van der Waals surface area contributed by atoms with Crippen molar-refractivity contribution in [2.45, 2.75) is 12.3 Å². The van der Waals surface area contributed by atoms with Crippen LogP contribution in [-0.4, -0.2) is 12.1 Å². The molecule has 1 heterocycles. The standard InChI is InChI=1S/C12H13NS/c1-9-12(2,11(13-3)14-9)10-7-5-4-6-8-10/h4-8H,1H2,2-3H3. The lowest BCUT2D eigenvalue weighted by Gasteiger charge is -2.41. The van der Waals surface area contributed by atoms with Gasteiger partial charge in [0.25, 0.3) is 0 Å². The van der Waals surface area contributed by atoms with Crippen molar-refractivity contribution in [1.82, 2.24) is 0 Å². The summed E-state index contributed by atoms with van der Waals surface area (Å²) in [6, 6.07) is 10.4. The third-order valence-electron chi connectivity index (χ3n) is 2.76. The molecule has 2 rings (SSSR count). The number of benzene rings is 1. The monoisotopic (exact) mass is 203 g/mol. The van der Waals surface area contributed by atoms with Gasteiger partial charge in [-0.3, -0.25) is 4.99 Å². The molecule has 1 aromatic rings. The first-order valence-corrected chi connectivity index (χ1v) is 5.41. The second kappa shape index (κ2) is 3.28. The molecule has 0 aromatic heterocycles. The van der Waals surface area contributed by atoms with E-state index >= 15 is 0 Å². The molecule has 0 bridgehead atoms. The molecule has 2 heteroatoms. The first kappa shape index (κ1) is 9.53. The molecule has 14 heavy (non-hydrogen) atoms. The molecule has 1 aliphatic heterocycles. The summed E-state index contributed by atoms with van der Waals surface area (Å²) in [7, 11) is 1.84. The third kappa shape index (κ3) is 1.14. The molecule has 0 radical (unpaired) electrons. The smallest absolute Gasteiger partial charge is 0.0869 e. The molecule has 0 saturated carbocycles. The van der Waals surface area contributed by atoms with Crippen molar-refractivity contribution in [1.29, 1.82) is 0 Å². The normalized spacial score (nSPS) is 29.0. The Kier molecular flexibility index (Phi) is 2.23. The Bertz CT molecular complexity index is 394. The fourth-order valence-corrected chi connectivity index (χ4v) is 2.75. The molecule has 1 aliphatic rings. The maximum atomic E-state index is 4.29. The first-order valence-electron chi connectivity index (χ1n) is 4.59. The van der Waals surface area contributed by atoms with E-state index in [9.17, 15) is 0 Å². The van der Waals surface area contributed by atoms with Crippen LogP contribution in [0.25, 0.3) is 0 Å². The highest BCUT2D eigenvalue weighted by atomic mass is 32.2. The maximum Gasteiger partial charge on any atom is 0.0869 e. The summed E-state index contributed by atoms with van der Waals surface area (Å²) in [5.41, 5.74) is 1.24. The van der Waals surface area contributed by atoms with Gasteiger partial charge in [0, 0.05) is 12.0 Å². The van der Waals surface area contributed by atoms with Crippen molar-refractivity contribution in [2.75, 3.05) is 7.05 Å². The van der Waals surface area contributed by atoms with Crippen LogP contribution in [0.2, 0.25) is 0 Å². The Morgan fingerprint density at radius 3 is 2.43 bits per heavy atom. The van der Waals surface area contributed by atoms with Crippen LogP contribution >= 0.6 is 11.8 Å². The Morgan fingerprint density at radius 2 is 1.93 bits per heavy atom. The van der Waals surface area contributed by atoms with Crippen LogP contribution in [0.1, 0.15) is 12.5 Å². The van der Waals surface area contributed by atoms with Crippen LogP contribution in [-0.2, 0) is 5.41 Å². The van der Waals surface area contributed by atoms with Crippen molar-refractivity contribution in [2.24, 2.45) is 4.99 Å². The average molecular weight is 203 g/mol. The van der Waals surface area contributed by atoms with Gasteiger partial charge in [-0.25, -0.2) is 0 Å². The van der Waals surface area contributed by atoms with Gasteiger partial charge in [-0.15, -0.1) is 0 Å². The molecule has 1 fully saturated rings. The van der Waals surface area contributed by atoms with E-state index in [1.54, 1.807) is 11.8 Å². The minimum absolute atomic E-state index is 0.0410. The fraction of sp³-hybridized carbons (Fsp3) is 0.250. The van der Waals surface area contributed by atoms with Gasteiger partial charge in [-0.2, -0.15) is 0 Å². The van der Waals surface area contributed by atoms with Gasteiger partial charge in [-0.05, 0) is 12.5 Å². The molecule has 72 valence electrons. The van der Waals surface area contributed by atoms with Crippen molar-refractivity contribution in [3.63, 3.8) is 0 Å². The second-order valence-electron chi connectivity index (χ2n) is 3.55. The summed E-state index contributed by atoms with van der Waals surface area (Å²) in [6.45, 7) is 6.25. The number of thioether (sulfide) groups is 1. The topological polar surface area (TPSA) is 12.4 Å². The summed E-state index contributed by atoms with van der Waals surface area (Å²) in [5.74, 6) is 0. The summed E-state index contributed by atoms with van der Waals surface area (Å²) in [6.07, 6.45) is 0. The predicted molar refractivity (Wildman–Crippen MR) is 63.9 cm³/mol. The lowest BCUT2D eigenvalue weighted by atomic mass is 9.82. The second-order valence-corrected chi connectivity index (χ2v) is 4.63. The molecule has 0 spiro atoms.